The topological polar surface area (TPSA) is 24.9 Å². The fourth-order valence-corrected chi connectivity index (χ4v) is 2.76. The molecular formula is C15H19FN2S. The summed E-state index contributed by atoms with van der Waals surface area (Å²) in [6.07, 6.45) is 3.99. The van der Waals surface area contributed by atoms with Crippen LogP contribution in [-0.4, -0.2) is 18.1 Å². The van der Waals surface area contributed by atoms with Crippen molar-refractivity contribution in [2.45, 2.75) is 25.7 Å². The molecule has 1 aromatic heterocycles. The first-order valence-corrected chi connectivity index (χ1v) is 7.51. The molecule has 0 bridgehead atoms. The number of nitrogens with one attached hydrogen (secondary N) is 1. The molecule has 0 saturated heterocycles. The van der Waals surface area contributed by atoms with Crippen molar-refractivity contribution in [2.24, 2.45) is 0 Å². The summed E-state index contributed by atoms with van der Waals surface area (Å²) in [5.41, 5.74) is 3.04. The molecule has 0 spiro atoms. The predicted molar refractivity (Wildman–Crippen MR) is 78.1 cm³/mol. The molecular weight excluding hydrogens is 259 g/mol. The van der Waals surface area contributed by atoms with E-state index >= 15 is 0 Å². The van der Waals surface area contributed by atoms with Crippen LogP contribution in [0.2, 0.25) is 0 Å². The zero-order valence-corrected chi connectivity index (χ0v) is 11.9. The summed E-state index contributed by atoms with van der Waals surface area (Å²) in [7, 11) is 0. The monoisotopic (exact) mass is 278 g/mol. The molecule has 1 unspecified atom stereocenters. The van der Waals surface area contributed by atoms with E-state index in [0.29, 0.717) is 5.92 Å². The molecule has 4 heteroatoms. The summed E-state index contributed by atoms with van der Waals surface area (Å²) in [4.78, 5) is 5.39. The van der Waals surface area contributed by atoms with Crippen LogP contribution >= 0.6 is 11.3 Å². The molecule has 0 aliphatic rings. The minimum absolute atomic E-state index is 0.179. The highest BCUT2D eigenvalue weighted by Crippen LogP contribution is 2.22. The van der Waals surface area contributed by atoms with Crippen LogP contribution in [0.25, 0.3) is 0 Å². The van der Waals surface area contributed by atoms with Crippen LogP contribution in [0.3, 0.4) is 0 Å². The maximum absolute atomic E-state index is 13.0. The van der Waals surface area contributed by atoms with E-state index in [1.807, 2.05) is 23.8 Å². The van der Waals surface area contributed by atoms with E-state index in [1.54, 1.807) is 11.3 Å². The smallest absolute Gasteiger partial charge is 0.123 e. The van der Waals surface area contributed by atoms with E-state index in [2.05, 4.69) is 17.2 Å². The molecule has 0 amide bonds. The molecule has 2 aromatic rings. The van der Waals surface area contributed by atoms with Gasteiger partial charge in [0.25, 0.3) is 0 Å². The largest absolute Gasteiger partial charge is 0.316 e. The molecule has 0 aliphatic carbocycles. The normalized spacial score (nSPS) is 12.5. The SMILES string of the molecule is CCCNCC(Cc1cncs1)c1ccc(F)cc1. The maximum Gasteiger partial charge on any atom is 0.123 e. The predicted octanol–water partition coefficient (Wildman–Crippen LogP) is 3.61. The highest BCUT2D eigenvalue weighted by atomic mass is 32.1. The molecule has 0 aliphatic heterocycles. The number of nitrogens with zero attached hydrogens (tertiary/aromatic N) is 1. The van der Waals surface area contributed by atoms with E-state index in [9.17, 15) is 4.39 Å². The number of hydrogen-bond donors (Lipinski definition) is 1. The molecule has 2 nitrogen and oxygen atoms in total. The standard InChI is InChI=1S/C15H19FN2S/c1-2-7-17-9-13(8-15-10-18-11-19-15)12-3-5-14(16)6-4-12/h3-6,10-11,13,17H,2,7-9H2,1H3. The minimum atomic E-state index is -0.179. The van der Waals surface area contributed by atoms with Gasteiger partial charge in [0.1, 0.15) is 5.82 Å². The molecule has 1 N–H and O–H groups in total. The zero-order chi connectivity index (χ0) is 13.5. The van der Waals surface area contributed by atoms with Gasteiger partial charge < -0.3 is 5.32 Å². The van der Waals surface area contributed by atoms with E-state index in [-0.39, 0.29) is 5.82 Å². The van der Waals surface area contributed by atoms with Crippen molar-refractivity contribution in [3.63, 3.8) is 0 Å². The molecule has 1 atom stereocenters. The van der Waals surface area contributed by atoms with Gasteiger partial charge in [0.15, 0.2) is 0 Å². The Morgan fingerprint density at radius 2 is 2.11 bits per heavy atom. The van der Waals surface area contributed by atoms with Crippen molar-refractivity contribution < 1.29 is 4.39 Å². The molecule has 1 heterocycles. The Morgan fingerprint density at radius 1 is 1.32 bits per heavy atom. The Labute approximate surface area is 117 Å². The van der Waals surface area contributed by atoms with E-state index in [0.717, 1.165) is 25.9 Å². The van der Waals surface area contributed by atoms with Crippen LogP contribution < -0.4 is 5.32 Å². The quantitative estimate of drug-likeness (QED) is 0.783. The third kappa shape index (κ3) is 4.40. The summed E-state index contributed by atoms with van der Waals surface area (Å²) >= 11 is 1.68. The van der Waals surface area contributed by atoms with Gasteiger partial charge in [-0.05, 0) is 37.1 Å². The average molecular weight is 278 g/mol. The highest BCUT2D eigenvalue weighted by Gasteiger charge is 2.13. The van der Waals surface area contributed by atoms with Crippen molar-refractivity contribution in [3.8, 4) is 0 Å². The summed E-state index contributed by atoms with van der Waals surface area (Å²) < 4.78 is 13.0. The first-order valence-electron chi connectivity index (χ1n) is 6.63. The van der Waals surface area contributed by atoms with Crippen molar-refractivity contribution in [2.75, 3.05) is 13.1 Å². The fraction of sp³-hybridized carbons (Fsp3) is 0.400. The summed E-state index contributed by atoms with van der Waals surface area (Å²) in [5.74, 6) is 0.189. The Hall–Kier alpha value is -1.26. The number of thiazole rings is 1. The van der Waals surface area contributed by atoms with Crippen LogP contribution in [0.1, 0.15) is 29.7 Å². The number of hydrogen-bond acceptors (Lipinski definition) is 3. The molecule has 1 aromatic carbocycles. The fourth-order valence-electron chi connectivity index (χ4n) is 2.08. The average Bonchev–Trinajstić information content (AvgIpc) is 2.92. The van der Waals surface area contributed by atoms with Crippen molar-refractivity contribution in [3.05, 3.63) is 52.2 Å². The molecule has 0 saturated carbocycles. The Morgan fingerprint density at radius 3 is 2.74 bits per heavy atom. The minimum Gasteiger partial charge on any atom is -0.316 e. The van der Waals surface area contributed by atoms with Gasteiger partial charge in [-0.2, -0.15) is 0 Å². The van der Waals surface area contributed by atoms with Crippen molar-refractivity contribution in [1.29, 1.82) is 0 Å². The van der Waals surface area contributed by atoms with Gasteiger partial charge >= 0.3 is 0 Å². The van der Waals surface area contributed by atoms with Crippen LogP contribution in [0.15, 0.2) is 36.0 Å². The van der Waals surface area contributed by atoms with E-state index < -0.39 is 0 Å². The number of rotatable bonds is 7. The van der Waals surface area contributed by atoms with E-state index in [4.69, 9.17) is 0 Å². The van der Waals surface area contributed by atoms with Gasteiger partial charge in [-0.3, -0.25) is 4.98 Å². The Bertz CT molecular complexity index is 467. The van der Waals surface area contributed by atoms with Gasteiger partial charge in [0, 0.05) is 23.5 Å². The highest BCUT2D eigenvalue weighted by molar-refractivity contribution is 7.09. The molecule has 102 valence electrons. The number of benzene rings is 1. The van der Waals surface area contributed by atoms with Gasteiger partial charge in [-0.25, -0.2) is 4.39 Å². The maximum atomic E-state index is 13.0. The van der Waals surface area contributed by atoms with Gasteiger partial charge in [0.2, 0.25) is 0 Å². The summed E-state index contributed by atoms with van der Waals surface area (Å²) in [6, 6.07) is 6.84. The van der Waals surface area contributed by atoms with E-state index in [1.165, 1.54) is 22.6 Å². The Balaban J connectivity index is 2.06. The lowest BCUT2D eigenvalue weighted by atomic mass is 9.95. The molecule has 0 radical (unpaired) electrons. The van der Waals surface area contributed by atoms with Gasteiger partial charge in [0.05, 0.1) is 5.51 Å². The summed E-state index contributed by atoms with van der Waals surface area (Å²) in [6.45, 7) is 4.08. The lowest BCUT2D eigenvalue weighted by Gasteiger charge is -2.17. The lowest BCUT2D eigenvalue weighted by Crippen LogP contribution is -2.23. The first kappa shape index (κ1) is 14.2. The number of aromatic nitrogens is 1. The lowest BCUT2D eigenvalue weighted by molar-refractivity contribution is 0.576. The molecule has 2 rings (SSSR count). The first-order chi connectivity index (χ1) is 9.29. The van der Waals surface area contributed by atoms with Crippen LogP contribution in [-0.2, 0) is 6.42 Å². The third-order valence-corrected chi connectivity index (χ3v) is 3.89. The van der Waals surface area contributed by atoms with Crippen LogP contribution in [0.5, 0.6) is 0 Å². The number of halogens is 1. The van der Waals surface area contributed by atoms with Crippen molar-refractivity contribution >= 4 is 11.3 Å². The van der Waals surface area contributed by atoms with Crippen LogP contribution in [0.4, 0.5) is 4.39 Å². The summed E-state index contributed by atoms with van der Waals surface area (Å²) in [5, 5.41) is 3.45. The third-order valence-electron chi connectivity index (χ3n) is 3.09. The van der Waals surface area contributed by atoms with Gasteiger partial charge in [-0.15, -0.1) is 11.3 Å². The second-order valence-corrected chi connectivity index (χ2v) is 5.60. The molecule has 0 fully saturated rings. The second kappa shape index (κ2) is 7.36. The second-order valence-electron chi connectivity index (χ2n) is 4.62. The molecule has 19 heavy (non-hydrogen) atoms. The zero-order valence-electron chi connectivity index (χ0n) is 11.1. The Kier molecular flexibility index (Phi) is 5.48. The van der Waals surface area contributed by atoms with Crippen LogP contribution in [0, 0.1) is 5.82 Å². The van der Waals surface area contributed by atoms with Crippen molar-refractivity contribution in [1.82, 2.24) is 10.3 Å². The van der Waals surface area contributed by atoms with Gasteiger partial charge in [-0.1, -0.05) is 19.1 Å².